The summed E-state index contributed by atoms with van der Waals surface area (Å²) in [5.74, 6) is -0.884. The minimum atomic E-state index is -1.15. The molecule has 1 aromatic rings. The zero-order chi connectivity index (χ0) is 22.7. The lowest BCUT2D eigenvalue weighted by atomic mass is 9.85. The standard InChI is InChI=1S/C23H32O8/c1-12(13(2)24)23-20(31-23)10-19-22(28)21(27)14(11-30-19)8-15(25)9-17(26)16-6-4-5-7-18(16)29-3/h4-7,12-14,19-24,27-28H,8-11H2,1-3H3/t12-,13-,14-,19-,20-,21+,22-,23-/m0/s1. The van der Waals surface area contributed by atoms with Crippen molar-refractivity contribution in [2.24, 2.45) is 11.8 Å². The number of hydrogen-bond donors (Lipinski definition) is 3. The summed E-state index contributed by atoms with van der Waals surface area (Å²) < 4.78 is 16.5. The van der Waals surface area contributed by atoms with Crippen LogP contribution in [0.25, 0.3) is 0 Å². The average Bonchev–Trinajstić information content (AvgIpc) is 3.51. The molecule has 1 aromatic carbocycles. The molecule has 8 heteroatoms. The summed E-state index contributed by atoms with van der Waals surface area (Å²) in [5.41, 5.74) is 0.337. The normalized spacial score (nSPS) is 32.2. The fourth-order valence-electron chi connectivity index (χ4n) is 4.16. The van der Waals surface area contributed by atoms with E-state index in [1.54, 1.807) is 31.2 Å². The third-order valence-corrected chi connectivity index (χ3v) is 6.36. The number of Topliss-reactive ketones (excluding diaryl/α,β-unsaturated/α-hetero) is 2. The van der Waals surface area contributed by atoms with Gasteiger partial charge in [-0.1, -0.05) is 19.1 Å². The van der Waals surface area contributed by atoms with Crippen LogP contribution in [0.4, 0.5) is 0 Å². The molecule has 2 saturated heterocycles. The molecule has 0 radical (unpaired) electrons. The first-order chi connectivity index (χ1) is 14.7. The number of aliphatic hydroxyl groups excluding tert-OH is 3. The van der Waals surface area contributed by atoms with Gasteiger partial charge in [-0.15, -0.1) is 0 Å². The molecule has 31 heavy (non-hydrogen) atoms. The van der Waals surface area contributed by atoms with E-state index in [0.717, 1.165) is 0 Å². The molecule has 3 rings (SSSR count). The van der Waals surface area contributed by atoms with Crippen molar-refractivity contribution in [2.45, 2.75) is 69.7 Å². The maximum Gasteiger partial charge on any atom is 0.173 e. The number of carbonyl (C=O) groups is 2. The minimum Gasteiger partial charge on any atom is -0.496 e. The van der Waals surface area contributed by atoms with E-state index < -0.39 is 30.3 Å². The number of hydrogen-bond acceptors (Lipinski definition) is 8. The Labute approximate surface area is 182 Å². The van der Waals surface area contributed by atoms with E-state index in [4.69, 9.17) is 14.2 Å². The van der Waals surface area contributed by atoms with E-state index in [0.29, 0.717) is 17.7 Å². The summed E-state index contributed by atoms with van der Waals surface area (Å²) in [7, 11) is 1.46. The lowest BCUT2D eigenvalue weighted by molar-refractivity contribution is -0.170. The monoisotopic (exact) mass is 436 g/mol. The fourth-order valence-corrected chi connectivity index (χ4v) is 4.16. The third-order valence-electron chi connectivity index (χ3n) is 6.36. The summed E-state index contributed by atoms with van der Waals surface area (Å²) in [4.78, 5) is 24.9. The second kappa shape index (κ2) is 10.2. The Morgan fingerprint density at radius 3 is 2.55 bits per heavy atom. The molecular formula is C23H32O8. The first kappa shape index (κ1) is 23.8. The Kier molecular flexibility index (Phi) is 7.82. The van der Waals surface area contributed by atoms with Gasteiger partial charge in [0.15, 0.2) is 5.78 Å². The maximum atomic E-state index is 12.5. The molecule has 8 atom stereocenters. The zero-order valence-electron chi connectivity index (χ0n) is 18.1. The lowest BCUT2D eigenvalue weighted by Crippen LogP contribution is -2.51. The molecule has 0 saturated carbocycles. The van der Waals surface area contributed by atoms with E-state index in [1.165, 1.54) is 7.11 Å². The molecule has 3 N–H and O–H groups in total. The van der Waals surface area contributed by atoms with Crippen LogP contribution in [0, 0.1) is 11.8 Å². The summed E-state index contributed by atoms with van der Waals surface area (Å²) in [6, 6.07) is 6.70. The van der Waals surface area contributed by atoms with Gasteiger partial charge >= 0.3 is 0 Å². The lowest BCUT2D eigenvalue weighted by Gasteiger charge is -2.37. The van der Waals surface area contributed by atoms with Gasteiger partial charge in [-0.2, -0.15) is 0 Å². The molecule has 0 spiro atoms. The summed E-state index contributed by atoms with van der Waals surface area (Å²) in [5, 5.41) is 30.7. The molecule has 2 fully saturated rings. The number of ether oxygens (including phenoxy) is 3. The Bertz CT molecular complexity index is 779. The molecule has 2 aliphatic rings. The van der Waals surface area contributed by atoms with Crippen LogP contribution in [-0.2, 0) is 14.3 Å². The molecule has 0 bridgehead atoms. The number of epoxide rings is 1. The molecule has 2 heterocycles. The SMILES string of the molecule is COc1ccccc1C(=O)CC(=O)C[C@H]1CO[C@@H](C[C@@H]2O[C@H]2[C@@H](C)[C@H](C)O)[C@H](O)[C@@H]1O. The van der Waals surface area contributed by atoms with Crippen LogP contribution < -0.4 is 4.74 Å². The molecule has 172 valence electrons. The van der Waals surface area contributed by atoms with Crippen molar-refractivity contribution in [3.8, 4) is 5.75 Å². The summed E-state index contributed by atoms with van der Waals surface area (Å²) >= 11 is 0. The maximum absolute atomic E-state index is 12.5. The van der Waals surface area contributed by atoms with Gasteiger partial charge < -0.3 is 29.5 Å². The predicted octanol–water partition coefficient (Wildman–Crippen LogP) is 1.14. The van der Waals surface area contributed by atoms with Gasteiger partial charge in [0, 0.05) is 24.7 Å². The van der Waals surface area contributed by atoms with E-state index in [1.807, 2.05) is 6.92 Å². The van der Waals surface area contributed by atoms with Crippen LogP contribution in [-0.4, -0.2) is 77.2 Å². The van der Waals surface area contributed by atoms with Crippen molar-refractivity contribution >= 4 is 11.6 Å². The van der Waals surface area contributed by atoms with Crippen LogP contribution >= 0.6 is 0 Å². The number of aliphatic hydroxyl groups is 3. The summed E-state index contributed by atoms with van der Waals surface area (Å²) in [6.07, 6.45) is -3.56. The number of methoxy groups -OCH3 is 1. The Balaban J connectivity index is 1.49. The van der Waals surface area contributed by atoms with Crippen molar-refractivity contribution in [1.82, 2.24) is 0 Å². The molecule has 0 aliphatic carbocycles. The molecule has 2 aliphatic heterocycles. The topological polar surface area (TPSA) is 126 Å². The number of carbonyl (C=O) groups excluding carboxylic acids is 2. The van der Waals surface area contributed by atoms with Gasteiger partial charge in [-0.25, -0.2) is 0 Å². The van der Waals surface area contributed by atoms with Gasteiger partial charge in [-0.3, -0.25) is 9.59 Å². The van der Waals surface area contributed by atoms with Crippen molar-refractivity contribution in [3.63, 3.8) is 0 Å². The Hall–Kier alpha value is -1.84. The van der Waals surface area contributed by atoms with Gasteiger partial charge in [-0.05, 0) is 19.1 Å². The highest BCUT2D eigenvalue weighted by molar-refractivity contribution is 6.09. The highest BCUT2D eigenvalue weighted by atomic mass is 16.6. The van der Waals surface area contributed by atoms with Crippen molar-refractivity contribution in [1.29, 1.82) is 0 Å². The van der Waals surface area contributed by atoms with Crippen LogP contribution in [0.2, 0.25) is 0 Å². The van der Waals surface area contributed by atoms with Gasteiger partial charge in [0.1, 0.15) is 17.6 Å². The quantitative estimate of drug-likeness (QED) is 0.283. The molecule has 0 amide bonds. The highest BCUT2D eigenvalue weighted by Gasteiger charge is 2.48. The largest absolute Gasteiger partial charge is 0.496 e. The van der Waals surface area contributed by atoms with Gasteiger partial charge in [0.05, 0.1) is 56.2 Å². The molecule has 0 unspecified atom stereocenters. The van der Waals surface area contributed by atoms with Gasteiger partial charge in [0.2, 0.25) is 0 Å². The minimum absolute atomic E-state index is 0.0261. The van der Waals surface area contributed by atoms with E-state index in [-0.39, 0.29) is 49.1 Å². The van der Waals surface area contributed by atoms with Crippen LogP contribution in [0.3, 0.4) is 0 Å². The van der Waals surface area contributed by atoms with Crippen LogP contribution in [0.1, 0.15) is 43.5 Å². The smallest absolute Gasteiger partial charge is 0.173 e. The first-order valence-corrected chi connectivity index (χ1v) is 10.7. The number of rotatable bonds is 10. The van der Waals surface area contributed by atoms with Crippen molar-refractivity contribution in [2.75, 3.05) is 13.7 Å². The number of benzene rings is 1. The van der Waals surface area contributed by atoms with Crippen LogP contribution in [0.15, 0.2) is 24.3 Å². The number of ketones is 2. The van der Waals surface area contributed by atoms with E-state index in [2.05, 4.69) is 0 Å². The Morgan fingerprint density at radius 2 is 1.87 bits per heavy atom. The zero-order valence-corrected chi connectivity index (χ0v) is 18.1. The summed E-state index contributed by atoms with van der Waals surface area (Å²) in [6.45, 7) is 3.72. The predicted molar refractivity (Wildman–Crippen MR) is 111 cm³/mol. The molecule has 8 nitrogen and oxygen atoms in total. The second-order valence-corrected chi connectivity index (χ2v) is 8.63. The van der Waals surface area contributed by atoms with Crippen LogP contribution in [0.5, 0.6) is 5.75 Å². The van der Waals surface area contributed by atoms with E-state index in [9.17, 15) is 24.9 Å². The third kappa shape index (κ3) is 5.70. The van der Waals surface area contributed by atoms with E-state index >= 15 is 0 Å². The fraction of sp³-hybridized carbons (Fsp3) is 0.652. The Morgan fingerprint density at radius 1 is 1.16 bits per heavy atom. The highest BCUT2D eigenvalue weighted by Crippen LogP contribution is 2.37. The van der Waals surface area contributed by atoms with Gasteiger partial charge in [0.25, 0.3) is 0 Å². The average molecular weight is 437 g/mol. The molecular weight excluding hydrogens is 404 g/mol. The second-order valence-electron chi connectivity index (χ2n) is 8.63. The number of para-hydroxylation sites is 1. The van der Waals surface area contributed by atoms with Crippen molar-refractivity contribution in [3.05, 3.63) is 29.8 Å². The first-order valence-electron chi connectivity index (χ1n) is 10.7. The molecule has 0 aromatic heterocycles. The van der Waals surface area contributed by atoms with Crippen molar-refractivity contribution < 1.29 is 39.1 Å².